The Kier molecular flexibility index (Phi) is 8.11. The third-order valence-electron chi connectivity index (χ3n) is 5.90. The van der Waals surface area contributed by atoms with Crippen molar-refractivity contribution >= 4 is 28.8 Å². The summed E-state index contributed by atoms with van der Waals surface area (Å²) < 4.78 is 16.8. The van der Waals surface area contributed by atoms with Crippen molar-refractivity contribution in [2.75, 3.05) is 14.2 Å². The van der Waals surface area contributed by atoms with Crippen molar-refractivity contribution < 1.29 is 23.8 Å². The van der Waals surface area contributed by atoms with Gasteiger partial charge in [-0.25, -0.2) is 9.79 Å². The van der Waals surface area contributed by atoms with Gasteiger partial charge in [-0.05, 0) is 62.4 Å². The fourth-order valence-corrected chi connectivity index (χ4v) is 5.20. The summed E-state index contributed by atoms with van der Waals surface area (Å²) in [5.41, 5.74) is 2.68. The van der Waals surface area contributed by atoms with E-state index in [-0.39, 0.29) is 12.3 Å². The number of allylic oxidation sites excluding steroid dienone is 1. The molecule has 0 fully saturated rings. The lowest BCUT2D eigenvalue weighted by atomic mass is 9.93. The van der Waals surface area contributed by atoms with Crippen LogP contribution in [-0.4, -0.2) is 46.7 Å². The molecule has 2 aromatic rings. The number of amidine groups is 1. The Bertz CT molecular complexity index is 1310. The van der Waals surface area contributed by atoms with Crippen LogP contribution in [0.3, 0.4) is 0 Å². The summed E-state index contributed by atoms with van der Waals surface area (Å²) in [4.78, 5) is 37.2. The van der Waals surface area contributed by atoms with E-state index in [1.165, 1.54) is 11.8 Å². The van der Waals surface area contributed by atoms with Crippen molar-refractivity contribution in [3.63, 3.8) is 0 Å². The minimum Gasteiger partial charge on any atom is -0.493 e. The lowest BCUT2D eigenvalue weighted by molar-refractivity contribution is -0.150. The Balaban J connectivity index is 1.68. The summed E-state index contributed by atoms with van der Waals surface area (Å²) in [6, 6.07) is 8.68. The molecule has 0 bridgehead atoms. The second kappa shape index (κ2) is 11.3. The highest BCUT2D eigenvalue weighted by Gasteiger charge is 2.42. The monoisotopic (exact) mass is 536 g/mol. The number of carbonyl (C=O) groups is 2. The highest BCUT2D eigenvalue weighted by Crippen LogP contribution is 2.46. The number of hydrogen-bond acceptors (Lipinski definition) is 9. The lowest BCUT2D eigenvalue weighted by Gasteiger charge is -2.37. The van der Waals surface area contributed by atoms with E-state index in [1.54, 1.807) is 39.6 Å². The lowest BCUT2D eigenvalue weighted by Crippen LogP contribution is -2.39. The van der Waals surface area contributed by atoms with E-state index in [2.05, 4.69) is 10.3 Å². The number of aromatic nitrogens is 1. The molecule has 9 nitrogen and oxygen atoms in total. The van der Waals surface area contributed by atoms with Crippen molar-refractivity contribution in [1.29, 1.82) is 0 Å². The van der Waals surface area contributed by atoms with Crippen LogP contribution in [0, 0.1) is 0 Å². The second-order valence-corrected chi connectivity index (χ2v) is 10.7. The van der Waals surface area contributed by atoms with E-state index >= 15 is 0 Å². The summed E-state index contributed by atoms with van der Waals surface area (Å²) in [6.45, 7) is 7.65. The smallest absolute Gasteiger partial charge is 0.338 e. The van der Waals surface area contributed by atoms with Gasteiger partial charge in [0.15, 0.2) is 16.7 Å². The fraction of sp³-hybridized carbons (Fsp3) is 0.357. The molecule has 1 unspecified atom stereocenters. The van der Waals surface area contributed by atoms with Crippen molar-refractivity contribution in [1.82, 2.24) is 15.2 Å². The number of benzene rings is 1. The first-order valence-electron chi connectivity index (χ1n) is 12.2. The van der Waals surface area contributed by atoms with Crippen LogP contribution in [-0.2, 0) is 20.9 Å². The van der Waals surface area contributed by atoms with Crippen LogP contribution in [0.25, 0.3) is 0 Å². The molecule has 10 heteroatoms. The maximum Gasteiger partial charge on any atom is 0.338 e. The molecule has 4 rings (SSSR count). The van der Waals surface area contributed by atoms with Gasteiger partial charge in [-0.1, -0.05) is 23.9 Å². The normalized spacial score (nSPS) is 16.9. The highest BCUT2D eigenvalue weighted by molar-refractivity contribution is 8.16. The number of nitrogens with one attached hydrogen (secondary N) is 1. The highest BCUT2D eigenvalue weighted by atomic mass is 32.2. The van der Waals surface area contributed by atoms with E-state index < -0.39 is 17.6 Å². The van der Waals surface area contributed by atoms with E-state index in [1.807, 2.05) is 55.3 Å². The summed E-state index contributed by atoms with van der Waals surface area (Å²) in [5, 5.41) is 5.54. The zero-order valence-corrected chi connectivity index (χ0v) is 23.2. The molecule has 1 amide bonds. The molecule has 1 N–H and O–H groups in total. The Morgan fingerprint density at radius 3 is 2.55 bits per heavy atom. The Morgan fingerprint density at radius 2 is 1.89 bits per heavy atom. The zero-order valence-electron chi connectivity index (χ0n) is 22.4. The van der Waals surface area contributed by atoms with Gasteiger partial charge in [0.2, 0.25) is 5.91 Å². The largest absolute Gasteiger partial charge is 0.493 e. The van der Waals surface area contributed by atoms with Gasteiger partial charge in [0, 0.05) is 24.6 Å². The van der Waals surface area contributed by atoms with Crippen LogP contribution in [0.2, 0.25) is 0 Å². The molecule has 200 valence electrons. The molecule has 2 aliphatic rings. The number of aliphatic imine (C=N–C) groups is 1. The summed E-state index contributed by atoms with van der Waals surface area (Å²) in [7, 11) is 3.13. The number of fused-ring (bicyclic) bond motifs is 1. The maximum absolute atomic E-state index is 13.5. The first-order chi connectivity index (χ1) is 18.1. The zero-order chi connectivity index (χ0) is 27.4. The maximum atomic E-state index is 13.5. The molecule has 0 radical (unpaired) electrons. The molecular weight excluding hydrogens is 504 g/mol. The van der Waals surface area contributed by atoms with Crippen molar-refractivity contribution in [3.05, 3.63) is 76.2 Å². The predicted molar refractivity (Wildman–Crippen MR) is 146 cm³/mol. The molecular formula is C28H32N4O5S. The number of amides is 1. The van der Waals surface area contributed by atoms with Crippen molar-refractivity contribution in [2.45, 2.75) is 52.3 Å². The average molecular weight is 537 g/mol. The minimum absolute atomic E-state index is 0.108. The molecule has 0 saturated carbocycles. The van der Waals surface area contributed by atoms with Crippen LogP contribution >= 0.6 is 11.8 Å². The first-order valence-corrected chi connectivity index (χ1v) is 13.0. The first kappa shape index (κ1) is 27.3. The summed E-state index contributed by atoms with van der Waals surface area (Å²) >= 11 is 1.42. The van der Waals surface area contributed by atoms with Gasteiger partial charge in [0.25, 0.3) is 0 Å². The van der Waals surface area contributed by atoms with Gasteiger partial charge in [0.05, 0.1) is 38.0 Å². The average Bonchev–Trinajstić information content (AvgIpc) is 3.27. The number of hydrogen-bond donors (Lipinski definition) is 1. The Morgan fingerprint density at radius 1 is 1.13 bits per heavy atom. The Labute approximate surface area is 227 Å². The van der Waals surface area contributed by atoms with Crippen LogP contribution in [0.5, 0.6) is 11.5 Å². The van der Waals surface area contributed by atoms with Crippen LogP contribution in [0.15, 0.2) is 70.1 Å². The standard InChI is InChI=1S/C28H32N4O5S/c1-17-24(26(34)37-28(2,3)4)25(19-9-10-21(35-5)22(12-19)36-6)32-20(16-38-27(32)31-17)13-23(33)30-15-18-8-7-11-29-14-18/h7-12,14,16,25H,13,15H2,1-6H3,(H,30,33). The van der Waals surface area contributed by atoms with Crippen LogP contribution in [0.4, 0.5) is 0 Å². The number of carbonyl (C=O) groups excluding carboxylic acids is 2. The molecule has 1 aromatic heterocycles. The van der Waals surface area contributed by atoms with Gasteiger partial charge in [-0.3, -0.25) is 9.78 Å². The second-order valence-electron chi connectivity index (χ2n) is 9.82. The van der Waals surface area contributed by atoms with E-state index in [4.69, 9.17) is 19.2 Å². The van der Waals surface area contributed by atoms with E-state index in [0.717, 1.165) is 16.8 Å². The van der Waals surface area contributed by atoms with E-state index in [9.17, 15) is 9.59 Å². The number of esters is 1. The third-order valence-corrected chi connectivity index (χ3v) is 6.79. The SMILES string of the molecule is COc1ccc(C2C(C(=O)OC(C)(C)C)=C(C)N=C3SC=C(CC(=O)NCc4cccnc4)N32)cc1OC. The fourth-order valence-electron chi connectivity index (χ4n) is 4.23. The summed E-state index contributed by atoms with van der Waals surface area (Å²) in [5.74, 6) is 0.483. The van der Waals surface area contributed by atoms with Crippen LogP contribution < -0.4 is 14.8 Å². The Hall–Kier alpha value is -3.79. The van der Waals surface area contributed by atoms with Gasteiger partial charge in [0.1, 0.15) is 5.60 Å². The van der Waals surface area contributed by atoms with Gasteiger partial charge in [-0.2, -0.15) is 0 Å². The molecule has 0 saturated heterocycles. The van der Waals surface area contributed by atoms with Gasteiger partial charge >= 0.3 is 5.97 Å². The molecule has 3 heterocycles. The predicted octanol–water partition coefficient (Wildman–Crippen LogP) is 4.72. The van der Waals surface area contributed by atoms with Crippen molar-refractivity contribution in [3.8, 4) is 11.5 Å². The van der Waals surface area contributed by atoms with Crippen molar-refractivity contribution in [2.24, 2.45) is 4.99 Å². The molecule has 0 aliphatic carbocycles. The topological polar surface area (TPSA) is 102 Å². The third kappa shape index (κ3) is 6.02. The quantitative estimate of drug-likeness (QED) is 0.484. The summed E-state index contributed by atoms with van der Waals surface area (Å²) in [6.07, 6.45) is 3.51. The number of ether oxygens (including phenoxy) is 3. The molecule has 2 aliphatic heterocycles. The molecule has 0 spiro atoms. The number of nitrogens with zero attached hydrogens (tertiary/aromatic N) is 3. The number of methoxy groups -OCH3 is 2. The van der Waals surface area contributed by atoms with E-state index in [0.29, 0.717) is 34.5 Å². The molecule has 1 atom stereocenters. The van der Waals surface area contributed by atoms with Gasteiger partial charge in [-0.15, -0.1) is 0 Å². The molecule has 38 heavy (non-hydrogen) atoms. The number of rotatable bonds is 8. The number of thioether (sulfide) groups is 1. The molecule has 1 aromatic carbocycles. The number of pyridine rings is 1. The van der Waals surface area contributed by atoms with Gasteiger partial charge < -0.3 is 24.4 Å². The minimum atomic E-state index is -0.693. The van der Waals surface area contributed by atoms with Crippen LogP contribution in [0.1, 0.15) is 51.3 Å².